The third kappa shape index (κ3) is 3.06. The zero-order chi connectivity index (χ0) is 19.5. The monoisotopic (exact) mass is 427 g/mol. The Balaban J connectivity index is 1.42. The summed E-state index contributed by atoms with van der Waals surface area (Å²) in [5.74, 6) is 3.00. The van der Waals surface area contributed by atoms with Gasteiger partial charge in [-0.05, 0) is 56.4 Å². The van der Waals surface area contributed by atoms with Crippen LogP contribution in [0.5, 0.6) is 0 Å². The van der Waals surface area contributed by atoms with Crippen LogP contribution in [0.2, 0.25) is 0 Å². The predicted octanol–water partition coefficient (Wildman–Crippen LogP) is 4.06. The van der Waals surface area contributed by atoms with Crippen LogP contribution in [0, 0.1) is 5.92 Å². The maximum atomic E-state index is 12.5. The van der Waals surface area contributed by atoms with Crippen molar-refractivity contribution < 1.29 is 4.79 Å². The second-order valence-electron chi connectivity index (χ2n) is 8.79. The number of hydrogen-bond acceptors (Lipinski definition) is 6. The molecule has 2 fully saturated rings. The molecule has 1 saturated carbocycles. The molecule has 6 rings (SSSR count). The molecule has 3 aromatic heterocycles. The van der Waals surface area contributed by atoms with Crippen LogP contribution in [-0.4, -0.2) is 49.2 Å². The highest BCUT2D eigenvalue weighted by Crippen LogP contribution is 2.44. The number of aryl methyl sites for hydroxylation is 1. The fourth-order valence-electron chi connectivity index (χ4n) is 4.73. The van der Waals surface area contributed by atoms with Gasteiger partial charge in [0, 0.05) is 23.9 Å². The van der Waals surface area contributed by atoms with Crippen LogP contribution < -0.4 is 0 Å². The number of thioether (sulfide) groups is 1. The molecule has 0 radical (unpaired) electrons. The largest absolute Gasteiger partial charge is 0.342 e. The van der Waals surface area contributed by atoms with Crippen molar-refractivity contribution in [3.63, 3.8) is 0 Å². The van der Waals surface area contributed by atoms with Crippen LogP contribution in [0.1, 0.15) is 61.2 Å². The van der Waals surface area contributed by atoms with Crippen molar-refractivity contribution in [1.82, 2.24) is 24.5 Å². The third-order valence-electron chi connectivity index (χ3n) is 6.52. The van der Waals surface area contributed by atoms with E-state index in [9.17, 15) is 4.79 Å². The predicted molar refractivity (Wildman–Crippen MR) is 116 cm³/mol. The lowest BCUT2D eigenvalue weighted by molar-refractivity contribution is -0.127. The van der Waals surface area contributed by atoms with Crippen molar-refractivity contribution in [3.05, 3.63) is 16.3 Å². The Kier molecular flexibility index (Phi) is 4.34. The van der Waals surface area contributed by atoms with Crippen molar-refractivity contribution in [1.29, 1.82) is 0 Å². The van der Waals surface area contributed by atoms with Gasteiger partial charge < -0.3 is 4.90 Å². The first kappa shape index (κ1) is 18.1. The van der Waals surface area contributed by atoms with Crippen LogP contribution in [0.3, 0.4) is 0 Å². The number of aromatic nitrogens is 4. The molecule has 1 atom stereocenters. The van der Waals surface area contributed by atoms with Gasteiger partial charge in [-0.15, -0.1) is 21.5 Å². The number of thiophene rings is 1. The van der Waals surface area contributed by atoms with E-state index in [0.717, 1.165) is 66.1 Å². The molecule has 0 spiro atoms. The summed E-state index contributed by atoms with van der Waals surface area (Å²) >= 11 is 3.38. The lowest BCUT2D eigenvalue weighted by atomic mass is 9.89. The first-order valence-corrected chi connectivity index (χ1v) is 12.6. The maximum absolute atomic E-state index is 12.5. The van der Waals surface area contributed by atoms with Crippen molar-refractivity contribution in [3.8, 4) is 0 Å². The highest BCUT2D eigenvalue weighted by Gasteiger charge is 2.32. The molecule has 6 nitrogen and oxygen atoms in total. The van der Waals surface area contributed by atoms with E-state index in [1.165, 1.54) is 46.9 Å². The third-order valence-corrected chi connectivity index (χ3v) is 8.58. The number of hydrogen-bond donors (Lipinski definition) is 0. The van der Waals surface area contributed by atoms with Crippen molar-refractivity contribution >= 4 is 44.9 Å². The van der Waals surface area contributed by atoms with E-state index in [4.69, 9.17) is 4.98 Å². The first-order valence-electron chi connectivity index (χ1n) is 10.8. The zero-order valence-corrected chi connectivity index (χ0v) is 18.3. The molecule has 3 aromatic rings. The van der Waals surface area contributed by atoms with E-state index in [1.54, 1.807) is 0 Å². The lowest BCUT2D eigenvalue weighted by Crippen LogP contribution is -2.29. The van der Waals surface area contributed by atoms with Crippen molar-refractivity contribution in [2.24, 2.45) is 5.92 Å². The second-order valence-corrected chi connectivity index (χ2v) is 10.8. The summed E-state index contributed by atoms with van der Waals surface area (Å²) in [4.78, 5) is 22.3. The van der Waals surface area contributed by atoms with Gasteiger partial charge in [-0.2, -0.15) is 0 Å². The minimum atomic E-state index is 0.216. The number of nitrogens with zero attached hydrogens (tertiary/aromatic N) is 5. The molecule has 1 aliphatic heterocycles. The minimum absolute atomic E-state index is 0.216. The number of fused-ring (bicyclic) bond motifs is 5. The van der Waals surface area contributed by atoms with Crippen LogP contribution >= 0.6 is 23.1 Å². The Morgan fingerprint density at radius 2 is 2.03 bits per heavy atom. The number of rotatable bonds is 4. The lowest BCUT2D eigenvalue weighted by Gasteiger charge is -2.17. The van der Waals surface area contributed by atoms with Crippen LogP contribution in [0.4, 0.5) is 0 Å². The van der Waals surface area contributed by atoms with E-state index >= 15 is 0 Å². The van der Waals surface area contributed by atoms with E-state index in [-0.39, 0.29) is 5.91 Å². The van der Waals surface area contributed by atoms with Gasteiger partial charge in [0.15, 0.2) is 10.8 Å². The molecule has 1 amide bonds. The van der Waals surface area contributed by atoms with Crippen LogP contribution in [-0.2, 0) is 17.6 Å². The fourth-order valence-corrected chi connectivity index (χ4v) is 6.96. The summed E-state index contributed by atoms with van der Waals surface area (Å²) in [5.41, 5.74) is 2.40. The summed E-state index contributed by atoms with van der Waals surface area (Å²) in [5, 5.41) is 11.2. The molecule has 0 bridgehead atoms. The molecule has 2 aliphatic carbocycles. The maximum Gasteiger partial charge on any atom is 0.233 e. The molecule has 152 valence electrons. The smallest absolute Gasteiger partial charge is 0.233 e. The minimum Gasteiger partial charge on any atom is -0.342 e. The molecule has 29 heavy (non-hydrogen) atoms. The average molecular weight is 428 g/mol. The van der Waals surface area contributed by atoms with Gasteiger partial charge in [0.25, 0.3) is 0 Å². The van der Waals surface area contributed by atoms with Gasteiger partial charge in [-0.1, -0.05) is 18.7 Å². The number of amides is 1. The zero-order valence-electron chi connectivity index (χ0n) is 16.7. The van der Waals surface area contributed by atoms with Gasteiger partial charge in [0.2, 0.25) is 5.91 Å². The summed E-state index contributed by atoms with van der Waals surface area (Å²) in [6.45, 7) is 4.14. The van der Waals surface area contributed by atoms with Crippen molar-refractivity contribution in [2.45, 2.75) is 62.9 Å². The Labute approximate surface area is 178 Å². The average Bonchev–Trinajstić information content (AvgIpc) is 3.13. The van der Waals surface area contributed by atoms with Gasteiger partial charge in [0.05, 0.1) is 11.1 Å². The number of carbonyl (C=O) groups is 1. The SMILES string of the molecule is CC1CCc2c(sc3nc(C4CC4)n4c(SCC(=O)N5CCCC5)nnc4c23)C1. The van der Waals surface area contributed by atoms with Gasteiger partial charge in [-0.25, -0.2) is 4.98 Å². The summed E-state index contributed by atoms with van der Waals surface area (Å²) < 4.78 is 2.17. The molecular formula is C21H25N5OS2. The van der Waals surface area contributed by atoms with E-state index in [1.807, 2.05) is 16.2 Å². The van der Waals surface area contributed by atoms with E-state index < -0.39 is 0 Å². The fraction of sp³-hybridized carbons (Fsp3) is 0.619. The molecule has 8 heteroatoms. The summed E-state index contributed by atoms with van der Waals surface area (Å²) in [7, 11) is 0. The molecule has 1 unspecified atom stereocenters. The molecular weight excluding hydrogens is 402 g/mol. The molecule has 1 saturated heterocycles. The van der Waals surface area contributed by atoms with E-state index in [2.05, 4.69) is 21.5 Å². The van der Waals surface area contributed by atoms with E-state index in [0.29, 0.717) is 11.7 Å². The number of carbonyl (C=O) groups excluding carboxylic acids is 1. The Morgan fingerprint density at radius 1 is 1.21 bits per heavy atom. The number of likely N-dealkylation sites (tertiary alicyclic amines) is 1. The molecule has 0 N–H and O–H groups in total. The Morgan fingerprint density at radius 3 is 2.83 bits per heavy atom. The Bertz CT molecular complexity index is 1110. The van der Waals surface area contributed by atoms with Crippen LogP contribution in [0.15, 0.2) is 5.16 Å². The highest BCUT2D eigenvalue weighted by atomic mass is 32.2. The quantitative estimate of drug-likeness (QED) is 0.588. The van der Waals surface area contributed by atoms with Gasteiger partial charge in [-0.3, -0.25) is 9.20 Å². The summed E-state index contributed by atoms with van der Waals surface area (Å²) in [6.07, 6.45) is 8.12. The summed E-state index contributed by atoms with van der Waals surface area (Å²) in [6, 6.07) is 0. The van der Waals surface area contributed by atoms with Gasteiger partial charge in [0.1, 0.15) is 10.7 Å². The normalized spacial score (nSPS) is 22.0. The molecule has 0 aromatic carbocycles. The topological polar surface area (TPSA) is 63.4 Å². The standard InChI is InChI=1S/C21H25N5OS2/c1-12-4-7-14-15(10-12)29-20-17(14)19-23-24-21(26(19)18(22-20)13-5-6-13)28-11-16(27)25-8-2-3-9-25/h12-13H,2-11H2,1H3. The van der Waals surface area contributed by atoms with Gasteiger partial charge >= 0.3 is 0 Å². The molecule has 3 aliphatic rings. The first-order chi connectivity index (χ1) is 14.2. The molecule has 4 heterocycles. The second kappa shape index (κ2) is 6.94. The van der Waals surface area contributed by atoms with Crippen LogP contribution in [0.25, 0.3) is 15.9 Å². The Hall–Kier alpha value is -1.67. The highest BCUT2D eigenvalue weighted by molar-refractivity contribution is 7.99. The van der Waals surface area contributed by atoms with Crippen molar-refractivity contribution in [2.75, 3.05) is 18.8 Å².